The lowest BCUT2D eigenvalue weighted by Crippen LogP contribution is -2.48. The SMILES string of the molecule is CCCCOC(CO)(OC)C(C)O. The Morgan fingerprint density at radius 2 is 2.08 bits per heavy atom. The number of hydrogen-bond acceptors (Lipinski definition) is 4. The normalized spacial score (nSPS) is 18.2. The third-order valence-corrected chi connectivity index (χ3v) is 2.05. The Morgan fingerprint density at radius 3 is 2.38 bits per heavy atom. The highest BCUT2D eigenvalue weighted by Gasteiger charge is 2.35. The fraction of sp³-hybridized carbons (Fsp3) is 1.00. The molecule has 0 saturated carbocycles. The van der Waals surface area contributed by atoms with Crippen LogP contribution in [-0.2, 0) is 9.47 Å². The first kappa shape index (κ1) is 12.8. The molecule has 4 nitrogen and oxygen atoms in total. The van der Waals surface area contributed by atoms with E-state index < -0.39 is 11.9 Å². The lowest BCUT2D eigenvalue weighted by Gasteiger charge is -2.32. The minimum atomic E-state index is -1.25. The molecule has 0 aromatic carbocycles. The molecule has 0 rings (SSSR count). The molecule has 0 fully saturated rings. The summed E-state index contributed by atoms with van der Waals surface area (Å²) in [5, 5.41) is 18.4. The van der Waals surface area contributed by atoms with Crippen LogP contribution in [0.15, 0.2) is 0 Å². The molecule has 4 heteroatoms. The molecule has 0 radical (unpaired) electrons. The van der Waals surface area contributed by atoms with Crippen molar-refractivity contribution in [1.82, 2.24) is 0 Å². The topological polar surface area (TPSA) is 58.9 Å². The zero-order valence-electron chi connectivity index (χ0n) is 8.62. The number of hydrogen-bond donors (Lipinski definition) is 2. The third kappa shape index (κ3) is 3.60. The number of aliphatic hydroxyl groups is 2. The van der Waals surface area contributed by atoms with Crippen LogP contribution in [0.3, 0.4) is 0 Å². The minimum absolute atomic E-state index is 0.342. The molecule has 0 bridgehead atoms. The average Bonchev–Trinajstić information content (AvgIpc) is 2.13. The van der Waals surface area contributed by atoms with Crippen molar-refractivity contribution in [2.75, 3.05) is 20.3 Å². The van der Waals surface area contributed by atoms with Gasteiger partial charge < -0.3 is 19.7 Å². The molecule has 0 spiro atoms. The van der Waals surface area contributed by atoms with Gasteiger partial charge in [-0.1, -0.05) is 13.3 Å². The predicted molar refractivity (Wildman–Crippen MR) is 49.4 cm³/mol. The van der Waals surface area contributed by atoms with Gasteiger partial charge in [0, 0.05) is 7.11 Å². The summed E-state index contributed by atoms with van der Waals surface area (Å²) >= 11 is 0. The van der Waals surface area contributed by atoms with E-state index in [0.717, 1.165) is 12.8 Å². The molecule has 0 saturated heterocycles. The Morgan fingerprint density at radius 1 is 1.46 bits per heavy atom. The highest BCUT2D eigenvalue weighted by molar-refractivity contribution is 4.74. The van der Waals surface area contributed by atoms with Gasteiger partial charge in [0.25, 0.3) is 0 Å². The van der Waals surface area contributed by atoms with Crippen molar-refractivity contribution in [2.45, 2.75) is 38.6 Å². The standard InChI is InChI=1S/C9H20O4/c1-4-5-6-13-9(7-10,12-3)8(2)11/h8,10-11H,4-7H2,1-3H3. The van der Waals surface area contributed by atoms with Crippen LogP contribution < -0.4 is 0 Å². The zero-order valence-corrected chi connectivity index (χ0v) is 8.62. The largest absolute Gasteiger partial charge is 0.391 e. The molecular weight excluding hydrogens is 172 g/mol. The van der Waals surface area contributed by atoms with Gasteiger partial charge in [-0.3, -0.25) is 0 Å². The summed E-state index contributed by atoms with van der Waals surface area (Å²) in [6.45, 7) is 3.71. The summed E-state index contributed by atoms with van der Waals surface area (Å²) in [5.74, 6) is -1.25. The molecule has 2 atom stereocenters. The second-order valence-corrected chi connectivity index (χ2v) is 3.05. The molecule has 0 amide bonds. The Balaban J connectivity index is 4.06. The number of rotatable bonds is 7. The van der Waals surface area contributed by atoms with Gasteiger partial charge >= 0.3 is 0 Å². The van der Waals surface area contributed by atoms with Gasteiger partial charge in [-0.2, -0.15) is 0 Å². The van der Waals surface area contributed by atoms with Crippen LogP contribution in [0.1, 0.15) is 26.7 Å². The number of unbranched alkanes of at least 4 members (excludes halogenated alkanes) is 1. The zero-order chi connectivity index (χ0) is 10.3. The maximum atomic E-state index is 9.35. The molecule has 2 unspecified atom stereocenters. The van der Waals surface area contributed by atoms with Crippen LogP contribution in [0.2, 0.25) is 0 Å². The summed E-state index contributed by atoms with van der Waals surface area (Å²) in [6, 6.07) is 0. The Hall–Kier alpha value is -0.160. The predicted octanol–water partition coefficient (Wildman–Crippen LogP) is 0.519. The number of aliphatic hydroxyl groups excluding tert-OH is 2. The van der Waals surface area contributed by atoms with Crippen molar-refractivity contribution in [3.63, 3.8) is 0 Å². The lowest BCUT2D eigenvalue weighted by atomic mass is 10.2. The van der Waals surface area contributed by atoms with Gasteiger partial charge in [0.2, 0.25) is 5.79 Å². The van der Waals surface area contributed by atoms with Gasteiger partial charge in [-0.15, -0.1) is 0 Å². The molecule has 80 valence electrons. The smallest absolute Gasteiger partial charge is 0.217 e. The first-order chi connectivity index (χ1) is 6.13. The monoisotopic (exact) mass is 192 g/mol. The fourth-order valence-electron chi connectivity index (χ4n) is 0.982. The molecular formula is C9H20O4. The highest BCUT2D eigenvalue weighted by Crippen LogP contribution is 2.17. The quantitative estimate of drug-likeness (QED) is 0.456. The maximum absolute atomic E-state index is 9.35. The average molecular weight is 192 g/mol. The van der Waals surface area contributed by atoms with Crippen LogP contribution in [0, 0.1) is 0 Å². The molecule has 0 aliphatic carbocycles. The number of methoxy groups -OCH3 is 1. The second kappa shape index (κ2) is 6.32. The van der Waals surface area contributed by atoms with E-state index in [0.29, 0.717) is 6.61 Å². The van der Waals surface area contributed by atoms with E-state index in [1.807, 2.05) is 6.92 Å². The van der Waals surface area contributed by atoms with Crippen LogP contribution in [0.25, 0.3) is 0 Å². The van der Waals surface area contributed by atoms with Gasteiger partial charge in [-0.05, 0) is 13.3 Å². The Labute approximate surface area is 79.5 Å². The lowest BCUT2D eigenvalue weighted by molar-refractivity contribution is -0.283. The second-order valence-electron chi connectivity index (χ2n) is 3.05. The van der Waals surface area contributed by atoms with E-state index in [-0.39, 0.29) is 6.61 Å². The van der Waals surface area contributed by atoms with E-state index in [9.17, 15) is 5.11 Å². The van der Waals surface area contributed by atoms with Crippen molar-refractivity contribution in [3.8, 4) is 0 Å². The van der Waals surface area contributed by atoms with Crippen molar-refractivity contribution in [1.29, 1.82) is 0 Å². The van der Waals surface area contributed by atoms with E-state index in [1.54, 1.807) is 0 Å². The highest BCUT2D eigenvalue weighted by atomic mass is 16.7. The molecule has 0 heterocycles. The minimum Gasteiger partial charge on any atom is -0.391 e. The van der Waals surface area contributed by atoms with Crippen molar-refractivity contribution in [2.24, 2.45) is 0 Å². The van der Waals surface area contributed by atoms with Crippen LogP contribution >= 0.6 is 0 Å². The summed E-state index contributed by atoms with van der Waals surface area (Å²) in [7, 11) is 1.41. The fourth-order valence-corrected chi connectivity index (χ4v) is 0.982. The summed E-state index contributed by atoms with van der Waals surface area (Å²) < 4.78 is 10.3. The summed E-state index contributed by atoms with van der Waals surface area (Å²) in [5.41, 5.74) is 0. The van der Waals surface area contributed by atoms with Crippen LogP contribution in [0.5, 0.6) is 0 Å². The van der Waals surface area contributed by atoms with Gasteiger partial charge in [-0.25, -0.2) is 0 Å². The van der Waals surface area contributed by atoms with Crippen molar-refractivity contribution < 1.29 is 19.7 Å². The summed E-state index contributed by atoms with van der Waals surface area (Å²) in [6.07, 6.45) is 1.04. The molecule has 2 N–H and O–H groups in total. The van der Waals surface area contributed by atoms with E-state index >= 15 is 0 Å². The van der Waals surface area contributed by atoms with Gasteiger partial charge in [0.05, 0.1) is 13.2 Å². The summed E-state index contributed by atoms with van der Waals surface area (Å²) in [4.78, 5) is 0. The molecule has 0 aromatic rings. The van der Waals surface area contributed by atoms with Gasteiger partial charge in [0.15, 0.2) is 0 Å². The van der Waals surface area contributed by atoms with E-state index in [4.69, 9.17) is 14.6 Å². The molecule has 13 heavy (non-hydrogen) atoms. The number of ether oxygens (including phenoxy) is 2. The van der Waals surface area contributed by atoms with Crippen molar-refractivity contribution >= 4 is 0 Å². The van der Waals surface area contributed by atoms with E-state index in [1.165, 1.54) is 14.0 Å². The molecule has 0 aromatic heterocycles. The Kier molecular flexibility index (Phi) is 6.24. The Bertz CT molecular complexity index is 121. The van der Waals surface area contributed by atoms with Crippen LogP contribution in [0.4, 0.5) is 0 Å². The first-order valence-corrected chi connectivity index (χ1v) is 4.61. The van der Waals surface area contributed by atoms with Gasteiger partial charge in [0.1, 0.15) is 6.10 Å². The van der Waals surface area contributed by atoms with Crippen LogP contribution in [-0.4, -0.2) is 42.4 Å². The maximum Gasteiger partial charge on any atom is 0.217 e. The van der Waals surface area contributed by atoms with Crippen molar-refractivity contribution in [3.05, 3.63) is 0 Å². The first-order valence-electron chi connectivity index (χ1n) is 4.61. The third-order valence-electron chi connectivity index (χ3n) is 2.05. The molecule has 0 aliphatic rings. The molecule has 0 aliphatic heterocycles. The van der Waals surface area contributed by atoms with E-state index in [2.05, 4.69) is 0 Å².